The first-order valence-electron chi connectivity index (χ1n) is 6.93. The Hall–Kier alpha value is -2.38. The van der Waals surface area contributed by atoms with E-state index in [0.29, 0.717) is 5.69 Å². The van der Waals surface area contributed by atoms with Gasteiger partial charge >= 0.3 is 0 Å². The molecule has 0 bridgehead atoms. The summed E-state index contributed by atoms with van der Waals surface area (Å²) in [4.78, 5) is 23.6. The average Bonchev–Trinajstić information content (AvgIpc) is 2.96. The van der Waals surface area contributed by atoms with E-state index >= 15 is 0 Å². The van der Waals surface area contributed by atoms with Crippen LogP contribution in [0.5, 0.6) is 0 Å². The Labute approximate surface area is 140 Å². The molecule has 0 aliphatic rings. The van der Waals surface area contributed by atoms with Crippen LogP contribution in [0.15, 0.2) is 42.7 Å². The highest BCUT2D eigenvalue weighted by Crippen LogP contribution is 2.17. The Bertz CT molecular complexity index is 644. The van der Waals surface area contributed by atoms with Gasteiger partial charge in [0.15, 0.2) is 0 Å². The van der Waals surface area contributed by atoms with E-state index in [9.17, 15) is 9.59 Å². The predicted octanol–water partition coefficient (Wildman–Crippen LogP) is 0.732. The number of rotatable bonds is 6. The fraction of sp³-hybridized carbons (Fsp3) is 0.267. The number of aromatic nitrogens is 2. The van der Waals surface area contributed by atoms with Crippen molar-refractivity contribution < 1.29 is 9.59 Å². The van der Waals surface area contributed by atoms with Crippen LogP contribution in [0.25, 0.3) is 0 Å². The molecule has 1 heterocycles. The van der Waals surface area contributed by atoms with Gasteiger partial charge in [0, 0.05) is 19.8 Å². The van der Waals surface area contributed by atoms with E-state index in [2.05, 4.69) is 15.7 Å². The summed E-state index contributed by atoms with van der Waals surface area (Å²) in [5.74, 6) is -0.790. The van der Waals surface area contributed by atoms with Crippen LogP contribution >= 0.6 is 12.4 Å². The quantitative estimate of drug-likeness (QED) is 0.723. The Kier molecular flexibility index (Phi) is 7.24. The minimum absolute atomic E-state index is 0. The Morgan fingerprint density at radius 3 is 2.61 bits per heavy atom. The Morgan fingerprint density at radius 2 is 2.00 bits per heavy atom. The summed E-state index contributed by atoms with van der Waals surface area (Å²) in [6.45, 7) is 0.313. The molecule has 2 aromatic rings. The summed E-state index contributed by atoms with van der Waals surface area (Å²) in [6.07, 6.45) is 3.10. The van der Waals surface area contributed by atoms with Gasteiger partial charge in [-0.2, -0.15) is 5.10 Å². The van der Waals surface area contributed by atoms with Crippen molar-refractivity contribution in [3.8, 4) is 0 Å². The topological polar surface area (TPSA) is 102 Å². The Morgan fingerprint density at radius 1 is 1.30 bits per heavy atom. The highest BCUT2D eigenvalue weighted by molar-refractivity contribution is 5.95. The first-order valence-corrected chi connectivity index (χ1v) is 6.93. The predicted molar refractivity (Wildman–Crippen MR) is 90.4 cm³/mol. The molecule has 2 amide bonds. The summed E-state index contributed by atoms with van der Waals surface area (Å²) in [5, 5.41) is 9.30. The van der Waals surface area contributed by atoms with E-state index in [-0.39, 0.29) is 37.3 Å². The standard InChI is InChI=1S/C15H19N5O2.ClH/c1-17-14(21)10-20-9-12(8-18-20)19-15(22)13(7-16)11-5-3-2-4-6-11;/h2-6,8-9,13H,7,10,16H2,1H3,(H,17,21)(H,19,22);1H. The molecule has 0 spiro atoms. The van der Waals surface area contributed by atoms with Crippen LogP contribution in [0.2, 0.25) is 0 Å². The number of anilines is 1. The normalized spacial score (nSPS) is 11.2. The first kappa shape index (κ1) is 18.7. The van der Waals surface area contributed by atoms with Gasteiger partial charge in [-0.1, -0.05) is 30.3 Å². The van der Waals surface area contributed by atoms with Crippen molar-refractivity contribution in [2.75, 3.05) is 18.9 Å². The molecule has 1 aromatic carbocycles. The van der Waals surface area contributed by atoms with Crippen molar-refractivity contribution >= 4 is 29.9 Å². The molecule has 7 nitrogen and oxygen atoms in total. The SMILES string of the molecule is CNC(=O)Cn1cc(NC(=O)C(CN)c2ccccc2)cn1.Cl. The third-order valence-electron chi connectivity index (χ3n) is 3.24. The largest absolute Gasteiger partial charge is 0.358 e. The van der Waals surface area contributed by atoms with E-state index in [1.807, 2.05) is 30.3 Å². The summed E-state index contributed by atoms with van der Waals surface area (Å²) >= 11 is 0. The van der Waals surface area contributed by atoms with Crippen molar-refractivity contribution in [1.29, 1.82) is 0 Å². The van der Waals surface area contributed by atoms with Crippen molar-refractivity contribution in [3.05, 3.63) is 48.3 Å². The maximum atomic E-state index is 12.3. The average molecular weight is 338 g/mol. The van der Waals surface area contributed by atoms with E-state index in [4.69, 9.17) is 5.73 Å². The second-order valence-corrected chi connectivity index (χ2v) is 4.79. The van der Waals surface area contributed by atoms with E-state index < -0.39 is 5.92 Å². The number of benzene rings is 1. The lowest BCUT2D eigenvalue weighted by Gasteiger charge is -2.14. The Balaban J connectivity index is 0.00000264. The van der Waals surface area contributed by atoms with E-state index in [0.717, 1.165) is 5.56 Å². The van der Waals surface area contributed by atoms with Gasteiger partial charge in [0.05, 0.1) is 17.8 Å². The van der Waals surface area contributed by atoms with E-state index in [1.54, 1.807) is 13.2 Å². The van der Waals surface area contributed by atoms with Gasteiger partial charge in [0.1, 0.15) is 6.54 Å². The molecule has 124 valence electrons. The lowest BCUT2D eigenvalue weighted by Crippen LogP contribution is -2.27. The van der Waals surface area contributed by atoms with Gasteiger partial charge < -0.3 is 16.4 Å². The third kappa shape index (κ3) is 5.08. The molecule has 8 heteroatoms. The molecule has 1 atom stereocenters. The smallest absolute Gasteiger partial charge is 0.241 e. The van der Waals surface area contributed by atoms with Crippen molar-refractivity contribution in [3.63, 3.8) is 0 Å². The molecule has 2 rings (SSSR count). The lowest BCUT2D eigenvalue weighted by molar-refractivity contribution is -0.121. The van der Waals surface area contributed by atoms with Crippen LogP contribution in [0, 0.1) is 0 Å². The van der Waals surface area contributed by atoms with Crippen LogP contribution in [0.4, 0.5) is 5.69 Å². The molecule has 1 aromatic heterocycles. The van der Waals surface area contributed by atoms with Gasteiger partial charge in [-0.05, 0) is 5.56 Å². The molecular formula is C15H20ClN5O2. The number of hydrogen-bond acceptors (Lipinski definition) is 4. The summed E-state index contributed by atoms with van der Waals surface area (Å²) in [6, 6.07) is 9.36. The minimum Gasteiger partial charge on any atom is -0.358 e. The highest BCUT2D eigenvalue weighted by Gasteiger charge is 2.19. The fourth-order valence-electron chi connectivity index (χ4n) is 2.05. The molecule has 0 radical (unpaired) electrons. The number of likely N-dealkylation sites (N-methyl/N-ethyl adjacent to an activating group) is 1. The molecule has 0 aliphatic heterocycles. The summed E-state index contributed by atoms with van der Waals surface area (Å²) < 4.78 is 1.45. The number of carbonyl (C=O) groups is 2. The molecular weight excluding hydrogens is 318 g/mol. The molecule has 1 unspecified atom stereocenters. The van der Waals surface area contributed by atoms with Crippen molar-refractivity contribution in [2.24, 2.45) is 5.73 Å². The monoisotopic (exact) mass is 337 g/mol. The van der Waals surface area contributed by atoms with Gasteiger partial charge in [0.2, 0.25) is 11.8 Å². The van der Waals surface area contributed by atoms with Crippen LogP contribution in [0.1, 0.15) is 11.5 Å². The maximum absolute atomic E-state index is 12.3. The second-order valence-electron chi connectivity index (χ2n) is 4.79. The highest BCUT2D eigenvalue weighted by atomic mass is 35.5. The number of carbonyl (C=O) groups excluding carboxylic acids is 2. The first-order chi connectivity index (χ1) is 10.6. The van der Waals surface area contributed by atoms with Gasteiger partial charge in [-0.15, -0.1) is 12.4 Å². The molecule has 0 saturated heterocycles. The number of nitrogens with zero attached hydrogens (tertiary/aromatic N) is 2. The number of nitrogens with two attached hydrogens (primary N) is 1. The van der Waals surface area contributed by atoms with Crippen molar-refractivity contribution in [1.82, 2.24) is 15.1 Å². The molecule has 0 aliphatic carbocycles. The third-order valence-corrected chi connectivity index (χ3v) is 3.24. The zero-order valence-corrected chi connectivity index (χ0v) is 13.5. The summed E-state index contributed by atoms with van der Waals surface area (Å²) in [7, 11) is 1.56. The van der Waals surface area contributed by atoms with Crippen LogP contribution in [0.3, 0.4) is 0 Å². The van der Waals surface area contributed by atoms with Crippen molar-refractivity contribution in [2.45, 2.75) is 12.5 Å². The van der Waals surface area contributed by atoms with Crippen LogP contribution in [-0.4, -0.2) is 35.2 Å². The second kappa shape index (κ2) is 8.92. The molecule has 0 saturated carbocycles. The van der Waals surface area contributed by atoms with Gasteiger partial charge in [-0.25, -0.2) is 0 Å². The fourth-order valence-corrected chi connectivity index (χ4v) is 2.05. The molecule has 4 N–H and O–H groups in total. The number of amides is 2. The summed E-state index contributed by atoms with van der Waals surface area (Å²) in [5.41, 5.74) is 7.11. The zero-order chi connectivity index (χ0) is 15.9. The van der Waals surface area contributed by atoms with Crippen LogP contribution in [-0.2, 0) is 16.1 Å². The molecule has 0 fully saturated rings. The number of hydrogen-bond donors (Lipinski definition) is 3. The number of halogens is 1. The van der Waals surface area contributed by atoms with E-state index in [1.165, 1.54) is 10.9 Å². The van der Waals surface area contributed by atoms with Gasteiger partial charge in [-0.3, -0.25) is 14.3 Å². The minimum atomic E-state index is -0.427. The lowest BCUT2D eigenvalue weighted by atomic mass is 9.98. The zero-order valence-electron chi connectivity index (χ0n) is 12.7. The maximum Gasteiger partial charge on any atom is 0.241 e. The molecule has 23 heavy (non-hydrogen) atoms. The van der Waals surface area contributed by atoms with Gasteiger partial charge in [0.25, 0.3) is 0 Å². The number of nitrogens with one attached hydrogen (secondary N) is 2. The van der Waals surface area contributed by atoms with Crippen LogP contribution < -0.4 is 16.4 Å².